The van der Waals surface area contributed by atoms with Crippen LogP contribution in [0.5, 0.6) is 0 Å². The summed E-state index contributed by atoms with van der Waals surface area (Å²) in [5.41, 5.74) is 0. The molecular weight excluding hydrogens is 232 g/mol. The number of rotatable bonds is 4. The number of piperidine rings is 1. The van der Waals surface area contributed by atoms with Crippen LogP contribution in [-0.4, -0.2) is 59.5 Å². The molecule has 2 aliphatic rings. The monoisotopic (exact) mass is 254 g/mol. The average molecular weight is 254 g/mol. The Morgan fingerprint density at radius 3 is 2.83 bits per heavy atom. The largest absolute Gasteiger partial charge is 0.396 e. The molecule has 1 atom stereocenters. The lowest BCUT2D eigenvalue weighted by Gasteiger charge is -2.33. The molecule has 2 aliphatic heterocycles. The van der Waals surface area contributed by atoms with E-state index in [0.29, 0.717) is 12.3 Å². The predicted octanol–water partition coefficient (Wildman–Crippen LogP) is 0.230. The van der Waals surface area contributed by atoms with Crippen LogP contribution >= 0.6 is 0 Å². The summed E-state index contributed by atoms with van der Waals surface area (Å²) in [6, 6.07) is 0. The molecule has 2 heterocycles. The quantitative estimate of drug-likeness (QED) is 0.781. The molecule has 1 unspecified atom stereocenters. The van der Waals surface area contributed by atoms with Crippen LogP contribution in [0, 0.1) is 5.92 Å². The number of nitrogens with zero attached hydrogens (tertiary/aromatic N) is 2. The maximum atomic E-state index is 12.1. The van der Waals surface area contributed by atoms with Gasteiger partial charge in [-0.1, -0.05) is 0 Å². The van der Waals surface area contributed by atoms with Gasteiger partial charge in [-0.2, -0.15) is 0 Å². The van der Waals surface area contributed by atoms with Gasteiger partial charge in [0.15, 0.2) is 0 Å². The van der Waals surface area contributed by atoms with Crippen molar-refractivity contribution in [3.63, 3.8) is 0 Å². The van der Waals surface area contributed by atoms with Crippen LogP contribution in [-0.2, 0) is 9.59 Å². The summed E-state index contributed by atoms with van der Waals surface area (Å²) in [4.78, 5) is 27.1. The van der Waals surface area contributed by atoms with Crippen molar-refractivity contribution in [1.82, 2.24) is 9.80 Å². The van der Waals surface area contributed by atoms with Gasteiger partial charge in [-0.3, -0.25) is 9.59 Å². The van der Waals surface area contributed by atoms with Crippen LogP contribution in [0.1, 0.15) is 32.1 Å². The molecule has 2 saturated heterocycles. The highest BCUT2D eigenvalue weighted by Crippen LogP contribution is 2.20. The third-order valence-corrected chi connectivity index (χ3v) is 3.91. The van der Waals surface area contributed by atoms with Crippen LogP contribution in [0.25, 0.3) is 0 Å². The van der Waals surface area contributed by atoms with Crippen molar-refractivity contribution in [2.45, 2.75) is 32.1 Å². The van der Waals surface area contributed by atoms with Crippen molar-refractivity contribution >= 4 is 11.8 Å². The molecule has 2 rings (SSSR count). The van der Waals surface area contributed by atoms with Crippen LogP contribution in [0.15, 0.2) is 0 Å². The lowest BCUT2D eigenvalue weighted by atomic mass is 9.95. The molecule has 2 amide bonds. The van der Waals surface area contributed by atoms with Gasteiger partial charge < -0.3 is 14.9 Å². The number of carbonyl (C=O) groups is 2. The lowest BCUT2D eigenvalue weighted by Crippen LogP contribution is -2.45. The van der Waals surface area contributed by atoms with E-state index in [4.69, 9.17) is 5.11 Å². The minimum absolute atomic E-state index is 0.0629. The van der Waals surface area contributed by atoms with Gasteiger partial charge in [0.2, 0.25) is 11.8 Å². The molecule has 0 saturated carbocycles. The minimum Gasteiger partial charge on any atom is -0.396 e. The molecule has 0 radical (unpaired) electrons. The summed E-state index contributed by atoms with van der Waals surface area (Å²) in [7, 11) is 0. The second-order valence-corrected chi connectivity index (χ2v) is 5.28. The normalized spacial score (nSPS) is 24.7. The summed E-state index contributed by atoms with van der Waals surface area (Å²) >= 11 is 0. The Hall–Kier alpha value is -1.10. The lowest BCUT2D eigenvalue weighted by molar-refractivity contribution is -0.139. The second-order valence-electron chi connectivity index (χ2n) is 5.28. The van der Waals surface area contributed by atoms with Crippen LogP contribution in [0.2, 0.25) is 0 Å². The Morgan fingerprint density at radius 2 is 2.17 bits per heavy atom. The van der Waals surface area contributed by atoms with E-state index in [1.807, 2.05) is 4.90 Å². The molecule has 5 heteroatoms. The number of aliphatic hydroxyl groups is 1. The van der Waals surface area contributed by atoms with E-state index in [1.165, 1.54) is 0 Å². The number of likely N-dealkylation sites (tertiary alicyclic amines) is 2. The molecule has 0 aromatic carbocycles. The first kappa shape index (κ1) is 13.3. The van der Waals surface area contributed by atoms with Gasteiger partial charge >= 0.3 is 0 Å². The Balaban J connectivity index is 1.82. The van der Waals surface area contributed by atoms with E-state index < -0.39 is 0 Å². The molecule has 0 aliphatic carbocycles. The summed E-state index contributed by atoms with van der Waals surface area (Å²) in [5, 5.41) is 8.95. The molecule has 18 heavy (non-hydrogen) atoms. The Morgan fingerprint density at radius 1 is 1.33 bits per heavy atom. The first-order valence-electron chi connectivity index (χ1n) is 6.87. The summed E-state index contributed by atoms with van der Waals surface area (Å²) < 4.78 is 0. The maximum Gasteiger partial charge on any atom is 0.242 e. The summed E-state index contributed by atoms with van der Waals surface area (Å²) in [6.07, 6.45) is 4.32. The average Bonchev–Trinajstić information content (AvgIpc) is 2.76. The van der Waals surface area contributed by atoms with Gasteiger partial charge in [-0.25, -0.2) is 0 Å². The van der Waals surface area contributed by atoms with E-state index in [-0.39, 0.29) is 25.0 Å². The zero-order chi connectivity index (χ0) is 13.0. The highest BCUT2D eigenvalue weighted by atomic mass is 16.3. The predicted molar refractivity (Wildman–Crippen MR) is 66.8 cm³/mol. The zero-order valence-electron chi connectivity index (χ0n) is 10.8. The third kappa shape index (κ3) is 3.22. The maximum absolute atomic E-state index is 12.1. The number of aliphatic hydroxyl groups excluding tert-OH is 1. The highest BCUT2D eigenvalue weighted by molar-refractivity contribution is 5.85. The van der Waals surface area contributed by atoms with E-state index in [9.17, 15) is 9.59 Å². The van der Waals surface area contributed by atoms with Crippen molar-refractivity contribution in [2.24, 2.45) is 5.92 Å². The molecule has 0 bridgehead atoms. The van der Waals surface area contributed by atoms with Gasteiger partial charge in [0.05, 0.1) is 6.54 Å². The molecular formula is C13H22N2O3. The van der Waals surface area contributed by atoms with Crippen molar-refractivity contribution < 1.29 is 14.7 Å². The van der Waals surface area contributed by atoms with Crippen molar-refractivity contribution in [3.8, 4) is 0 Å². The topological polar surface area (TPSA) is 60.9 Å². The van der Waals surface area contributed by atoms with E-state index in [0.717, 1.165) is 45.3 Å². The second kappa shape index (κ2) is 6.18. The van der Waals surface area contributed by atoms with E-state index in [2.05, 4.69) is 0 Å². The van der Waals surface area contributed by atoms with Crippen molar-refractivity contribution in [1.29, 1.82) is 0 Å². The fourth-order valence-electron chi connectivity index (χ4n) is 2.84. The van der Waals surface area contributed by atoms with Gasteiger partial charge in [0.1, 0.15) is 0 Å². The first-order chi connectivity index (χ1) is 8.70. The number of amides is 2. The molecule has 1 N–H and O–H groups in total. The molecule has 2 fully saturated rings. The molecule has 0 aromatic heterocycles. The Kier molecular flexibility index (Phi) is 4.58. The van der Waals surface area contributed by atoms with E-state index in [1.54, 1.807) is 4.90 Å². The molecule has 102 valence electrons. The Labute approximate surface area is 108 Å². The Bertz CT molecular complexity index is 317. The molecule has 5 nitrogen and oxygen atoms in total. The van der Waals surface area contributed by atoms with Gasteiger partial charge in [-0.15, -0.1) is 0 Å². The summed E-state index contributed by atoms with van der Waals surface area (Å²) in [5.74, 6) is 0.585. The van der Waals surface area contributed by atoms with Gasteiger partial charge in [0.25, 0.3) is 0 Å². The number of hydrogen-bond acceptors (Lipinski definition) is 3. The molecule has 0 aromatic rings. The SMILES string of the molecule is O=C1CCCN1CC(=O)N1CCCC(CCO)C1. The van der Waals surface area contributed by atoms with Crippen LogP contribution < -0.4 is 0 Å². The van der Waals surface area contributed by atoms with Crippen molar-refractivity contribution in [2.75, 3.05) is 32.8 Å². The fourth-order valence-corrected chi connectivity index (χ4v) is 2.84. The fraction of sp³-hybridized carbons (Fsp3) is 0.846. The highest BCUT2D eigenvalue weighted by Gasteiger charge is 2.27. The molecule has 0 spiro atoms. The number of carbonyl (C=O) groups excluding carboxylic acids is 2. The minimum atomic E-state index is 0.0629. The van der Waals surface area contributed by atoms with Crippen LogP contribution in [0.3, 0.4) is 0 Å². The standard InChI is InChI=1S/C13H22N2O3/c16-8-5-11-3-1-6-14(9-11)13(18)10-15-7-2-4-12(15)17/h11,16H,1-10H2. The summed E-state index contributed by atoms with van der Waals surface area (Å²) in [6.45, 7) is 2.69. The first-order valence-corrected chi connectivity index (χ1v) is 6.87. The smallest absolute Gasteiger partial charge is 0.242 e. The van der Waals surface area contributed by atoms with Gasteiger partial charge in [-0.05, 0) is 31.6 Å². The number of hydrogen-bond donors (Lipinski definition) is 1. The van der Waals surface area contributed by atoms with Gasteiger partial charge in [0, 0.05) is 32.7 Å². The van der Waals surface area contributed by atoms with E-state index >= 15 is 0 Å². The van der Waals surface area contributed by atoms with Crippen molar-refractivity contribution in [3.05, 3.63) is 0 Å². The van der Waals surface area contributed by atoms with Crippen LogP contribution in [0.4, 0.5) is 0 Å². The third-order valence-electron chi connectivity index (χ3n) is 3.91. The zero-order valence-corrected chi connectivity index (χ0v) is 10.8.